The zero-order valence-corrected chi connectivity index (χ0v) is 6.69. The number of aromatic carboxylic acids is 1. The van der Waals surface area contributed by atoms with Crippen LogP contribution in [-0.2, 0) is 0 Å². The summed E-state index contributed by atoms with van der Waals surface area (Å²) in [5.41, 5.74) is 6.34. The van der Waals surface area contributed by atoms with Crippen molar-refractivity contribution < 1.29 is 9.90 Å². The van der Waals surface area contributed by atoms with Gasteiger partial charge in [0.2, 0.25) is 0 Å². The SMILES string of the molecule is C[C@@H](N)c1ccncc1C(=O)O. The zero-order chi connectivity index (χ0) is 9.14. The van der Waals surface area contributed by atoms with E-state index in [1.807, 2.05) is 0 Å². The molecule has 1 rings (SSSR count). The van der Waals surface area contributed by atoms with Crippen molar-refractivity contribution in [3.63, 3.8) is 0 Å². The summed E-state index contributed by atoms with van der Waals surface area (Å²) in [7, 11) is 0. The Labute approximate surface area is 70.0 Å². The van der Waals surface area contributed by atoms with E-state index < -0.39 is 5.97 Å². The Balaban J connectivity index is 3.17. The van der Waals surface area contributed by atoms with Gasteiger partial charge in [0.05, 0.1) is 5.56 Å². The molecule has 0 saturated heterocycles. The molecule has 0 fully saturated rings. The molecule has 1 aromatic heterocycles. The molecule has 0 bridgehead atoms. The van der Waals surface area contributed by atoms with Crippen molar-refractivity contribution >= 4 is 5.97 Å². The van der Waals surface area contributed by atoms with Crippen LogP contribution in [0.15, 0.2) is 18.5 Å². The molecule has 12 heavy (non-hydrogen) atoms. The van der Waals surface area contributed by atoms with E-state index in [-0.39, 0.29) is 11.6 Å². The second-order valence-corrected chi connectivity index (χ2v) is 2.56. The average Bonchev–Trinajstić information content (AvgIpc) is 2.04. The number of aromatic nitrogens is 1. The summed E-state index contributed by atoms with van der Waals surface area (Å²) in [6, 6.07) is 1.34. The van der Waals surface area contributed by atoms with E-state index in [9.17, 15) is 4.79 Å². The third-order valence-electron chi connectivity index (χ3n) is 1.58. The number of pyridine rings is 1. The Morgan fingerprint density at radius 2 is 2.42 bits per heavy atom. The van der Waals surface area contributed by atoms with E-state index in [4.69, 9.17) is 10.8 Å². The van der Waals surface area contributed by atoms with E-state index in [0.29, 0.717) is 5.56 Å². The minimum absolute atomic E-state index is 0.174. The molecule has 64 valence electrons. The molecule has 0 spiro atoms. The highest BCUT2D eigenvalue weighted by molar-refractivity contribution is 5.89. The molecule has 0 saturated carbocycles. The molecule has 1 heterocycles. The lowest BCUT2D eigenvalue weighted by molar-refractivity contribution is 0.0694. The lowest BCUT2D eigenvalue weighted by Crippen LogP contribution is -2.11. The van der Waals surface area contributed by atoms with Gasteiger partial charge in [-0.05, 0) is 18.6 Å². The quantitative estimate of drug-likeness (QED) is 0.681. The Bertz CT molecular complexity index is 297. The molecule has 1 aromatic rings. The van der Waals surface area contributed by atoms with Crippen LogP contribution in [0.5, 0.6) is 0 Å². The molecule has 0 amide bonds. The summed E-state index contributed by atoms with van der Waals surface area (Å²) < 4.78 is 0. The number of carboxylic acid groups (broad SMARTS) is 1. The highest BCUT2D eigenvalue weighted by Crippen LogP contribution is 2.13. The lowest BCUT2D eigenvalue weighted by atomic mass is 10.1. The van der Waals surface area contributed by atoms with Crippen molar-refractivity contribution in [1.82, 2.24) is 4.98 Å². The van der Waals surface area contributed by atoms with Gasteiger partial charge < -0.3 is 10.8 Å². The van der Waals surface area contributed by atoms with Crippen molar-refractivity contribution in [3.8, 4) is 0 Å². The number of nitrogens with two attached hydrogens (primary N) is 1. The fourth-order valence-electron chi connectivity index (χ4n) is 0.981. The maximum Gasteiger partial charge on any atom is 0.337 e. The fraction of sp³-hybridized carbons (Fsp3) is 0.250. The van der Waals surface area contributed by atoms with Crippen LogP contribution in [0.1, 0.15) is 28.9 Å². The monoisotopic (exact) mass is 166 g/mol. The van der Waals surface area contributed by atoms with Crippen molar-refractivity contribution in [1.29, 1.82) is 0 Å². The first-order valence-electron chi connectivity index (χ1n) is 3.55. The van der Waals surface area contributed by atoms with E-state index in [0.717, 1.165) is 0 Å². The van der Waals surface area contributed by atoms with Crippen LogP contribution in [0.4, 0.5) is 0 Å². The van der Waals surface area contributed by atoms with Crippen molar-refractivity contribution in [3.05, 3.63) is 29.6 Å². The van der Waals surface area contributed by atoms with Gasteiger partial charge in [0.1, 0.15) is 0 Å². The molecule has 4 heteroatoms. The predicted octanol–water partition coefficient (Wildman–Crippen LogP) is 0.800. The topological polar surface area (TPSA) is 76.2 Å². The number of carbonyl (C=O) groups is 1. The Hall–Kier alpha value is -1.42. The van der Waals surface area contributed by atoms with Crippen LogP contribution < -0.4 is 5.73 Å². The number of nitrogens with zero attached hydrogens (tertiary/aromatic N) is 1. The third kappa shape index (κ3) is 1.60. The van der Waals surface area contributed by atoms with Crippen LogP contribution in [0, 0.1) is 0 Å². The fourth-order valence-corrected chi connectivity index (χ4v) is 0.981. The molecule has 0 radical (unpaired) electrons. The number of hydrogen-bond acceptors (Lipinski definition) is 3. The van der Waals surface area contributed by atoms with Crippen molar-refractivity contribution in [2.75, 3.05) is 0 Å². The van der Waals surface area contributed by atoms with Crippen LogP contribution in [0.2, 0.25) is 0 Å². The highest BCUT2D eigenvalue weighted by atomic mass is 16.4. The maximum atomic E-state index is 10.6. The number of hydrogen-bond donors (Lipinski definition) is 2. The standard InChI is InChI=1S/C8H10N2O2/c1-5(9)6-2-3-10-4-7(6)8(11)12/h2-5H,9H2,1H3,(H,11,12)/t5-/m1/s1. The summed E-state index contributed by atoms with van der Waals surface area (Å²) in [5.74, 6) is -0.990. The molecule has 0 aromatic carbocycles. The Morgan fingerprint density at radius 3 is 2.83 bits per heavy atom. The van der Waals surface area contributed by atoms with Gasteiger partial charge in [-0.25, -0.2) is 4.79 Å². The molecular weight excluding hydrogens is 156 g/mol. The van der Waals surface area contributed by atoms with Crippen LogP contribution in [0.25, 0.3) is 0 Å². The summed E-state index contributed by atoms with van der Waals surface area (Å²) in [5, 5.41) is 8.72. The predicted molar refractivity (Wildman–Crippen MR) is 43.8 cm³/mol. The Kier molecular flexibility index (Phi) is 2.40. The highest BCUT2D eigenvalue weighted by Gasteiger charge is 2.11. The molecular formula is C8H10N2O2. The molecule has 0 aliphatic rings. The number of carboxylic acids is 1. The summed E-state index contributed by atoms with van der Waals surface area (Å²) in [6.45, 7) is 1.74. The second-order valence-electron chi connectivity index (χ2n) is 2.56. The maximum absolute atomic E-state index is 10.6. The van der Waals surface area contributed by atoms with Crippen LogP contribution in [0.3, 0.4) is 0 Å². The van der Waals surface area contributed by atoms with Gasteiger partial charge in [-0.2, -0.15) is 0 Å². The molecule has 0 aliphatic heterocycles. The summed E-state index contributed by atoms with van der Waals surface area (Å²) in [6.07, 6.45) is 2.84. The summed E-state index contributed by atoms with van der Waals surface area (Å²) >= 11 is 0. The molecule has 3 N–H and O–H groups in total. The zero-order valence-electron chi connectivity index (χ0n) is 6.69. The largest absolute Gasteiger partial charge is 0.478 e. The van der Waals surface area contributed by atoms with Gasteiger partial charge in [-0.15, -0.1) is 0 Å². The van der Waals surface area contributed by atoms with E-state index in [1.54, 1.807) is 13.0 Å². The molecule has 0 unspecified atom stereocenters. The van der Waals surface area contributed by atoms with Gasteiger partial charge in [0.15, 0.2) is 0 Å². The summed E-state index contributed by atoms with van der Waals surface area (Å²) in [4.78, 5) is 14.3. The van der Waals surface area contributed by atoms with Gasteiger partial charge >= 0.3 is 5.97 Å². The van der Waals surface area contributed by atoms with E-state index in [1.165, 1.54) is 12.4 Å². The smallest absolute Gasteiger partial charge is 0.337 e. The van der Waals surface area contributed by atoms with E-state index in [2.05, 4.69) is 4.98 Å². The van der Waals surface area contributed by atoms with Gasteiger partial charge in [0, 0.05) is 18.4 Å². The third-order valence-corrected chi connectivity index (χ3v) is 1.58. The van der Waals surface area contributed by atoms with Gasteiger partial charge in [-0.1, -0.05) is 0 Å². The average molecular weight is 166 g/mol. The van der Waals surface area contributed by atoms with Crippen LogP contribution in [-0.4, -0.2) is 16.1 Å². The normalized spacial score (nSPS) is 12.5. The van der Waals surface area contributed by atoms with Gasteiger partial charge in [0.25, 0.3) is 0 Å². The van der Waals surface area contributed by atoms with E-state index >= 15 is 0 Å². The lowest BCUT2D eigenvalue weighted by Gasteiger charge is -2.07. The second kappa shape index (κ2) is 3.32. The van der Waals surface area contributed by atoms with Gasteiger partial charge in [-0.3, -0.25) is 4.98 Å². The number of rotatable bonds is 2. The molecule has 1 atom stereocenters. The minimum atomic E-state index is -0.990. The molecule has 0 aliphatic carbocycles. The van der Waals surface area contributed by atoms with Crippen molar-refractivity contribution in [2.24, 2.45) is 5.73 Å². The Morgan fingerprint density at radius 1 is 1.75 bits per heavy atom. The van der Waals surface area contributed by atoms with Crippen molar-refractivity contribution in [2.45, 2.75) is 13.0 Å². The molecule has 4 nitrogen and oxygen atoms in total. The first-order chi connectivity index (χ1) is 5.63. The minimum Gasteiger partial charge on any atom is -0.478 e. The first-order valence-corrected chi connectivity index (χ1v) is 3.55. The first kappa shape index (κ1) is 8.67. The van der Waals surface area contributed by atoms with Crippen LogP contribution >= 0.6 is 0 Å².